The molecule has 4 amide bonds. The van der Waals surface area contributed by atoms with Crippen molar-refractivity contribution >= 4 is 121 Å². The highest BCUT2D eigenvalue weighted by molar-refractivity contribution is 7.90. The Morgan fingerprint density at radius 2 is 0.689 bits per heavy atom. The minimum atomic E-state index is -4.10. The van der Waals surface area contributed by atoms with Crippen LogP contribution in [0.25, 0.3) is 0 Å². The number of amides is 4. The van der Waals surface area contributed by atoms with Crippen molar-refractivity contribution < 1.29 is 118 Å². The second-order valence-electron chi connectivity index (χ2n) is 28.6. The van der Waals surface area contributed by atoms with E-state index in [-0.39, 0.29) is 178 Å². The van der Waals surface area contributed by atoms with Gasteiger partial charge in [-0.05, 0) is 192 Å². The molecule has 8 N–H and O–H groups in total. The van der Waals surface area contributed by atoms with Crippen LogP contribution in [0.2, 0.25) is 15.1 Å². The number of anilines is 4. The lowest BCUT2D eigenvalue weighted by Crippen LogP contribution is -2.42. The van der Waals surface area contributed by atoms with Crippen molar-refractivity contribution in [3.8, 4) is 0 Å². The number of ether oxygens (including phenoxy) is 3. The van der Waals surface area contributed by atoms with Gasteiger partial charge in [0.15, 0.2) is 17.5 Å². The molecular formula is C81H88Cl3F7N8O19S4. The van der Waals surface area contributed by atoms with Crippen LogP contribution in [0.3, 0.4) is 0 Å². The number of benzene rings is 8. The highest BCUT2D eigenvalue weighted by Gasteiger charge is 2.36. The first kappa shape index (κ1) is 97.2. The van der Waals surface area contributed by atoms with Gasteiger partial charge >= 0.3 is 0 Å². The summed E-state index contributed by atoms with van der Waals surface area (Å²) in [6.07, 6.45) is -3.17. The summed E-state index contributed by atoms with van der Waals surface area (Å²) in [6.45, 7) is 7.79. The number of nitrogens with zero attached hydrogens (tertiary/aromatic N) is 4. The molecule has 0 aliphatic carbocycles. The number of nitrogens with one attached hydrogen (secondary N) is 4. The lowest BCUT2D eigenvalue weighted by Gasteiger charge is -2.29. The molecule has 5 atom stereocenters. The molecule has 41 heteroatoms. The zero-order valence-corrected chi connectivity index (χ0v) is 71.5. The molecule has 4 aliphatic rings. The van der Waals surface area contributed by atoms with Gasteiger partial charge in [0.1, 0.15) is 23.6 Å². The standard InChI is InChI=1S/C21H23ClF2N2O4S.2C20H22ClFN2O5S.C20H21F3N2O5S/c1-13-5-6-14(21(28)25-15-7-8-17(23)16(22)11-15)10-20(13)31(29,30)26-9-3-2-4-19(27)18(24)12-26;1-13-2-3-14(20(26)23-15-4-5-18(22)17(21)11-15)10-19(13)30(27,28)24-7-9-29-8-6-16(25)12-24;1-13-2-3-14(20(26)23-15-4-5-18(22)17(21)11-15)10-19(13)30(27,28)24-7-6-16(25)12-29-9-8-24;1-12-2-3-13(20(27)24-14-9-16(21)19(23)17(22)10-14)8-18(12)31(28,29)25-5-4-15(26)11-30-7-6-25/h5-8,10-11,18-19,27H,2-4,9,12H2,1H3,(H,25,28);2*2-5,10-11,16,25H,6-9,12H2,1H3,(H,23,26);2-3,8-10,15,26H,4-7,11H2,1H3,(H,24,27). The van der Waals surface area contributed by atoms with Gasteiger partial charge in [-0.1, -0.05) is 59.1 Å². The fourth-order valence-corrected chi connectivity index (χ4v) is 20.0. The number of aliphatic hydroxyl groups excluding tert-OH is 4. The number of halogens is 10. The van der Waals surface area contributed by atoms with Crippen LogP contribution in [0.1, 0.15) is 102 Å². The van der Waals surface area contributed by atoms with Gasteiger partial charge in [0, 0.05) is 116 Å². The maximum Gasteiger partial charge on any atom is 0.255 e. The molecule has 0 spiro atoms. The number of aliphatic hydroxyl groups is 4. The number of alkyl halides is 1. The number of hydrogen-bond acceptors (Lipinski definition) is 19. The molecule has 660 valence electrons. The van der Waals surface area contributed by atoms with E-state index in [1.54, 1.807) is 33.8 Å². The minimum absolute atomic E-state index is 0.00218. The van der Waals surface area contributed by atoms with Gasteiger partial charge in [-0.25, -0.2) is 64.4 Å². The number of rotatable bonds is 16. The molecule has 0 radical (unpaired) electrons. The van der Waals surface area contributed by atoms with Crippen molar-refractivity contribution in [3.63, 3.8) is 0 Å². The fraction of sp³-hybridized carbons (Fsp3) is 0.358. The maximum atomic E-state index is 14.3. The molecule has 8 aromatic carbocycles. The van der Waals surface area contributed by atoms with Crippen molar-refractivity contribution in [1.29, 1.82) is 0 Å². The van der Waals surface area contributed by atoms with E-state index in [0.717, 1.165) is 28.6 Å². The maximum absolute atomic E-state index is 14.3. The zero-order chi connectivity index (χ0) is 89.3. The number of β-amino-alcohol motifs (C(OH)–C–C–N with tert-alkyl or cyclic N) is 1. The average Bonchev–Trinajstić information content (AvgIpc) is 0.799. The Kier molecular flexibility index (Phi) is 34.5. The molecule has 8 aromatic rings. The average molecular weight is 1850 g/mol. The summed E-state index contributed by atoms with van der Waals surface area (Å²) in [5.41, 5.74) is 2.47. The van der Waals surface area contributed by atoms with Crippen molar-refractivity contribution in [2.75, 3.05) is 113 Å². The van der Waals surface area contributed by atoms with E-state index < -0.39 is 136 Å². The summed E-state index contributed by atoms with van der Waals surface area (Å²) in [6, 6.07) is 29.2. The van der Waals surface area contributed by atoms with Gasteiger partial charge < -0.3 is 55.9 Å². The Labute approximate surface area is 715 Å². The van der Waals surface area contributed by atoms with Gasteiger partial charge in [-0.3, -0.25) is 19.2 Å². The second-order valence-corrected chi connectivity index (χ2v) is 37.4. The zero-order valence-electron chi connectivity index (χ0n) is 65.9. The first-order valence-corrected chi connectivity index (χ1v) is 44.7. The molecule has 27 nitrogen and oxygen atoms in total. The summed E-state index contributed by atoms with van der Waals surface area (Å²) in [5.74, 6) is -9.01. The van der Waals surface area contributed by atoms with Gasteiger partial charge in [0.05, 0.1) is 92.1 Å². The summed E-state index contributed by atoms with van der Waals surface area (Å²) in [5, 5.41) is 48.8. The number of sulfonamides is 4. The van der Waals surface area contributed by atoms with Gasteiger partial charge in [-0.15, -0.1) is 0 Å². The fourth-order valence-electron chi connectivity index (χ4n) is 12.6. The monoisotopic (exact) mass is 1840 g/mol. The first-order valence-electron chi connectivity index (χ1n) is 37.8. The van der Waals surface area contributed by atoms with Gasteiger partial charge in [-0.2, -0.15) is 17.2 Å². The third-order valence-electron chi connectivity index (χ3n) is 19.5. The molecule has 0 aromatic heterocycles. The van der Waals surface area contributed by atoms with E-state index in [1.165, 1.54) is 110 Å². The molecule has 4 saturated heterocycles. The van der Waals surface area contributed by atoms with E-state index in [9.17, 15) is 104 Å². The van der Waals surface area contributed by atoms with Crippen molar-refractivity contribution in [2.24, 2.45) is 0 Å². The summed E-state index contributed by atoms with van der Waals surface area (Å²) in [4.78, 5) is 50.1. The second kappa shape index (κ2) is 43.3. The lowest BCUT2D eigenvalue weighted by atomic mass is 10.1. The van der Waals surface area contributed by atoms with E-state index in [2.05, 4.69) is 21.3 Å². The van der Waals surface area contributed by atoms with Crippen molar-refractivity contribution in [2.45, 2.75) is 116 Å². The summed E-state index contributed by atoms with van der Waals surface area (Å²) in [7, 11) is -16.0. The van der Waals surface area contributed by atoms with Crippen LogP contribution in [0.5, 0.6) is 0 Å². The van der Waals surface area contributed by atoms with Crippen LogP contribution >= 0.6 is 34.8 Å². The molecule has 0 bridgehead atoms. The van der Waals surface area contributed by atoms with Crippen molar-refractivity contribution in [3.05, 3.63) is 234 Å². The Morgan fingerprint density at radius 1 is 0.361 bits per heavy atom. The quantitative estimate of drug-likeness (QED) is 0.0329. The van der Waals surface area contributed by atoms with Crippen LogP contribution in [0.15, 0.2) is 159 Å². The normalized spacial score (nSPS) is 19.0. The highest BCUT2D eigenvalue weighted by atomic mass is 35.5. The van der Waals surface area contributed by atoms with Crippen LogP contribution in [0.4, 0.5) is 53.5 Å². The summed E-state index contributed by atoms with van der Waals surface area (Å²) >= 11 is 17.2. The van der Waals surface area contributed by atoms with E-state index in [0.29, 0.717) is 60.3 Å². The molecule has 4 heterocycles. The molecule has 4 fully saturated rings. The number of carbonyl (C=O) groups is 4. The Morgan fingerprint density at radius 3 is 1.05 bits per heavy atom. The SMILES string of the molecule is Cc1ccc(C(=O)Nc2cc(F)c(F)c(F)c2)cc1S(=O)(=O)N1CCOCC(O)CC1.Cc1ccc(C(=O)Nc2ccc(F)c(Cl)c2)cc1S(=O)(=O)N1CCCCC(O)C(F)C1.Cc1ccc(C(=O)Nc2ccc(F)c(Cl)c2)cc1S(=O)(=O)N1CCOCC(O)CC1.Cc1ccc(C(=O)Nc2ccc(F)c(Cl)c2)cc1S(=O)(=O)N1CCOCCC(O)C1. The van der Waals surface area contributed by atoms with Gasteiger partial charge in [0.2, 0.25) is 40.1 Å². The largest absolute Gasteiger partial charge is 0.392 e. The molecule has 0 saturated carbocycles. The van der Waals surface area contributed by atoms with Crippen molar-refractivity contribution in [1.82, 2.24) is 17.2 Å². The summed E-state index contributed by atoms with van der Waals surface area (Å²) < 4.78 is 220. The Balaban J connectivity index is 0.000000185. The van der Waals surface area contributed by atoms with Crippen LogP contribution in [0, 0.1) is 62.6 Å². The molecule has 4 aliphatic heterocycles. The number of hydrogen-bond donors (Lipinski definition) is 8. The number of aryl methyl sites for hydroxylation is 4. The smallest absolute Gasteiger partial charge is 0.255 e. The minimum Gasteiger partial charge on any atom is -0.392 e. The lowest BCUT2D eigenvalue weighted by molar-refractivity contribution is 0.0130. The van der Waals surface area contributed by atoms with E-state index >= 15 is 0 Å². The van der Waals surface area contributed by atoms with Crippen LogP contribution in [-0.4, -0.2) is 218 Å². The van der Waals surface area contributed by atoms with E-state index in [4.69, 9.17) is 49.0 Å². The van der Waals surface area contributed by atoms with Crippen LogP contribution < -0.4 is 21.3 Å². The predicted octanol–water partition coefficient (Wildman–Crippen LogP) is 12.0. The van der Waals surface area contributed by atoms with Crippen LogP contribution in [-0.2, 0) is 54.3 Å². The van der Waals surface area contributed by atoms with E-state index in [1.807, 2.05) is 0 Å². The molecule has 5 unspecified atom stereocenters. The predicted molar refractivity (Wildman–Crippen MR) is 441 cm³/mol. The Bertz CT molecular complexity index is 5610. The Hall–Kier alpha value is -8.62. The topological polar surface area (TPSA) is 375 Å². The highest BCUT2D eigenvalue weighted by Crippen LogP contribution is 2.32. The number of carbonyl (C=O) groups excluding carboxylic acids is 4. The molecule has 122 heavy (non-hydrogen) atoms. The molecule has 12 rings (SSSR count). The third-order valence-corrected chi connectivity index (χ3v) is 28.5. The molecular weight excluding hydrogens is 1760 g/mol. The first-order chi connectivity index (χ1) is 57.5. The third kappa shape index (κ3) is 25.8. The van der Waals surface area contributed by atoms with Gasteiger partial charge in [0.25, 0.3) is 23.6 Å².